The first-order valence-electron chi connectivity index (χ1n) is 5.24. The zero-order chi connectivity index (χ0) is 12.3. The van der Waals surface area contributed by atoms with Gasteiger partial charge < -0.3 is 15.8 Å². The summed E-state index contributed by atoms with van der Waals surface area (Å²) in [6.45, 7) is 0. The van der Waals surface area contributed by atoms with E-state index >= 15 is 0 Å². The summed E-state index contributed by atoms with van der Waals surface area (Å²) in [5, 5.41) is 8.78. The van der Waals surface area contributed by atoms with E-state index in [4.69, 9.17) is 10.8 Å². The lowest BCUT2D eigenvalue weighted by Gasteiger charge is -2.06. The molecule has 1 aromatic heterocycles. The molecule has 0 bridgehead atoms. The predicted molar refractivity (Wildman–Crippen MR) is 77.8 cm³/mol. The third-order valence-electron chi connectivity index (χ3n) is 2.51. The van der Waals surface area contributed by atoms with Crippen LogP contribution in [0.2, 0.25) is 0 Å². The third-order valence-corrected chi connectivity index (χ3v) is 2.51. The maximum absolute atomic E-state index is 10.7. The molecule has 19 heavy (non-hydrogen) atoms. The van der Waals surface area contributed by atoms with E-state index in [0.29, 0.717) is 0 Å². The number of nitrogens with one attached hydrogen (secondary N) is 1. The zero-order valence-corrected chi connectivity index (χ0v) is 11.6. The second-order valence-corrected chi connectivity index (χ2v) is 3.74. The van der Waals surface area contributed by atoms with Crippen molar-refractivity contribution in [1.29, 1.82) is 0 Å². The van der Waals surface area contributed by atoms with Crippen molar-refractivity contribution in [2.24, 2.45) is 5.73 Å². The number of aliphatic carboxylic acids is 1. The number of halogens is 2. The molecule has 1 aromatic carbocycles. The summed E-state index contributed by atoms with van der Waals surface area (Å²) >= 11 is 0. The van der Waals surface area contributed by atoms with Crippen molar-refractivity contribution in [1.82, 2.24) is 9.97 Å². The molecule has 7 heteroatoms. The SMILES string of the molecule is Cl.Cl.N[C@@H](Cc1[nH]cnc1-c1ccccc1)C(=O)O. The number of nitrogens with two attached hydrogens (primary N) is 1. The summed E-state index contributed by atoms with van der Waals surface area (Å²) in [5.41, 5.74) is 7.95. The molecule has 4 N–H and O–H groups in total. The minimum absolute atomic E-state index is 0. The number of rotatable bonds is 4. The lowest BCUT2D eigenvalue weighted by atomic mass is 10.1. The number of hydrogen-bond donors (Lipinski definition) is 3. The van der Waals surface area contributed by atoms with E-state index in [1.165, 1.54) is 0 Å². The van der Waals surface area contributed by atoms with Crippen molar-refractivity contribution in [3.05, 3.63) is 42.4 Å². The van der Waals surface area contributed by atoms with Crippen molar-refractivity contribution in [2.45, 2.75) is 12.5 Å². The Hall–Kier alpha value is -1.56. The van der Waals surface area contributed by atoms with E-state index in [9.17, 15) is 4.79 Å². The molecular formula is C12H15Cl2N3O2. The zero-order valence-electron chi connectivity index (χ0n) is 9.95. The van der Waals surface area contributed by atoms with Crippen LogP contribution in [0.25, 0.3) is 11.3 Å². The highest BCUT2D eigenvalue weighted by molar-refractivity contribution is 5.85. The molecule has 1 heterocycles. The first-order valence-corrected chi connectivity index (χ1v) is 5.24. The largest absolute Gasteiger partial charge is 0.480 e. The van der Waals surface area contributed by atoms with Gasteiger partial charge in [-0.3, -0.25) is 4.79 Å². The monoisotopic (exact) mass is 303 g/mol. The average molecular weight is 304 g/mol. The molecular weight excluding hydrogens is 289 g/mol. The second kappa shape index (κ2) is 7.78. The van der Waals surface area contributed by atoms with E-state index < -0.39 is 12.0 Å². The van der Waals surface area contributed by atoms with Gasteiger partial charge in [-0.2, -0.15) is 0 Å². The van der Waals surface area contributed by atoms with Crippen molar-refractivity contribution >= 4 is 30.8 Å². The molecule has 2 aromatic rings. The summed E-state index contributed by atoms with van der Waals surface area (Å²) in [7, 11) is 0. The molecule has 0 aliphatic rings. The number of nitrogens with zero attached hydrogens (tertiary/aromatic N) is 1. The van der Waals surface area contributed by atoms with Gasteiger partial charge in [-0.25, -0.2) is 4.98 Å². The van der Waals surface area contributed by atoms with Gasteiger partial charge in [-0.05, 0) is 0 Å². The Labute approximate surface area is 123 Å². The van der Waals surface area contributed by atoms with Crippen molar-refractivity contribution in [2.75, 3.05) is 0 Å². The van der Waals surface area contributed by atoms with Crippen LogP contribution in [-0.2, 0) is 11.2 Å². The van der Waals surface area contributed by atoms with Crippen molar-refractivity contribution in [3.8, 4) is 11.3 Å². The van der Waals surface area contributed by atoms with Gasteiger partial charge in [0.1, 0.15) is 6.04 Å². The minimum atomic E-state index is -1.02. The van der Waals surface area contributed by atoms with Crippen molar-refractivity contribution < 1.29 is 9.90 Å². The third kappa shape index (κ3) is 4.24. The summed E-state index contributed by atoms with van der Waals surface area (Å²) in [6, 6.07) is 8.66. The predicted octanol–water partition coefficient (Wildman–Crippen LogP) is 1.87. The number of imidazole rings is 1. The maximum atomic E-state index is 10.7. The van der Waals surface area contributed by atoms with Gasteiger partial charge in [0.05, 0.1) is 12.0 Å². The van der Waals surface area contributed by atoms with Crippen LogP contribution in [0.3, 0.4) is 0 Å². The normalized spacial score (nSPS) is 11.0. The molecule has 0 fully saturated rings. The van der Waals surface area contributed by atoms with Gasteiger partial charge in [0.25, 0.3) is 0 Å². The van der Waals surface area contributed by atoms with Gasteiger partial charge in [-0.1, -0.05) is 30.3 Å². The fourth-order valence-electron chi connectivity index (χ4n) is 1.63. The van der Waals surface area contributed by atoms with Gasteiger partial charge in [-0.15, -0.1) is 24.8 Å². The van der Waals surface area contributed by atoms with E-state index in [0.717, 1.165) is 17.0 Å². The van der Waals surface area contributed by atoms with Gasteiger partial charge >= 0.3 is 5.97 Å². The lowest BCUT2D eigenvalue weighted by Crippen LogP contribution is -2.32. The second-order valence-electron chi connectivity index (χ2n) is 3.74. The molecule has 0 saturated heterocycles. The molecule has 0 radical (unpaired) electrons. The number of aromatic amines is 1. The number of carboxylic acid groups (broad SMARTS) is 1. The molecule has 0 aliphatic heterocycles. The maximum Gasteiger partial charge on any atom is 0.320 e. The molecule has 0 spiro atoms. The summed E-state index contributed by atoms with van der Waals surface area (Å²) in [4.78, 5) is 17.8. The Morgan fingerprint density at radius 2 is 1.95 bits per heavy atom. The number of hydrogen-bond acceptors (Lipinski definition) is 3. The molecule has 5 nitrogen and oxygen atoms in total. The minimum Gasteiger partial charge on any atom is -0.480 e. The van der Waals surface area contributed by atoms with Crippen LogP contribution in [0, 0.1) is 0 Å². The fraction of sp³-hybridized carbons (Fsp3) is 0.167. The molecule has 0 aliphatic carbocycles. The fourth-order valence-corrected chi connectivity index (χ4v) is 1.63. The van der Waals surface area contributed by atoms with Crippen LogP contribution in [0.5, 0.6) is 0 Å². The highest BCUT2D eigenvalue weighted by atomic mass is 35.5. The first-order chi connectivity index (χ1) is 8.18. The quantitative estimate of drug-likeness (QED) is 0.804. The van der Waals surface area contributed by atoms with Crippen LogP contribution in [0.1, 0.15) is 5.69 Å². The van der Waals surface area contributed by atoms with E-state index in [2.05, 4.69) is 9.97 Å². The van der Waals surface area contributed by atoms with E-state index in [1.807, 2.05) is 30.3 Å². The molecule has 0 unspecified atom stereocenters. The van der Waals surface area contributed by atoms with Crippen LogP contribution in [0.4, 0.5) is 0 Å². The van der Waals surface area contributed by atoms with Crippen LogP contribution in [0.15, 0.2) is 36.7 Å². The Balaban J connectivity index is 0.00000162. The van der Waals surface area contributed by atoms with E-state index in [1.54, 1.807) is 6.33 Å². The average Bonchev–Trinajstić information content (AvgIpc) is 2.78. The highest BCUT2D eigenvalue weighted by Gasteiger charge is 2.16. The first kappa shape index (κ1) is 17.4. The number of carboxylic acids is 1. The van der Waals surface area contributed by atoms with Gasteiger partial charge in [0.2, 0.25) is 0 Å². The molecule has 0 amide bonds. The highest BCUT2D eigenvalue weighted by Crippen LogP contribution is 2.20. The van der Waals surface area contributed by atoms with Crippen LogP contribution in [-0.4, -0.2) is 27.1 Å². The number of H-pyrrole nitrogens is 1. The smallest absolute Gasteiger partial charge is 0.320 e. The van der Waals surface area contributed by atoms with Crippen LogP contribution >= 0.6 is 24.8 Å². The topological polar surface area (TPSA) is 92.0 Å². The Bertz CT molecular complexity index is 517. The summed E-state index contributed by atoms with van der Waals surface area (Å²) in [6.07, 6.45) is 1.78. The number of carbonyl (C=O) groups is 1. The van der Waals surface area contributed by atoms with Gasteiger partial charge in [0, 0.05) is 17.7 Å². The van der Waals surface area contributed by atoms with Crippen LogP contribution < -0.4 is 5.73 Å². The molecule has 0 saturated carbocycles. The Kier molecular flexibility index (Phi) is 7.14. The lowest BCUT2D eigenvalue weighted by molar-refractivity contribution is -0.138. The molecule has 104 valence electrons. The van der Waals surface area contributed by atoms with Crippen molar-refractivity contribution in [3.63, 3.8) is 0 Å². The Morgan fingerprint density at radius 1 is 1.32 bits per heavy atom. The number of aromatic nitrogens is 2. The Morgan fingerprint density at radius 3 is 2.53 bits per heavy atom. The number of benzene rings is 1. The molecule has 1 atom stereocenters. The standard InChI is InChI=1S/C12H13N3O2.2ClH/c13-9(12(16)17)6-10-11(15-7-14-10)8-4-2-1-3-5-8;;/h1-5,7,9H,6,13H2,(H,14,15)(H,16,17);2*1H/t9-;;/m0../s1. The van der Waals surface area contributed by atoms with E-state index in [-0.39, 0.29) is 31.2 Å². The van der Waals surface area contributed by atoms with Gasteiger partial charge in [0.15, 0.2) is 0 Å². The summed E-state index contributed by atoms with van der Waals surface area (Å²) < 4.78 is 0. The summed E-state index contributed by atoms with van der Waals surface area (Å²) in [5.74, 6) is -1.02. The molecule has 2 rings (SSSR count).